The minimum absolute atomic E-state index is 0. The van der Waals surface area contributed by atoms with Crippen LogP contribution in [-0.4, -0.2) is 9.97 Å². The van der Waals surface area contributed by atoms with E-state index in [1.165, 1.54) is 0 Å². The molecule has 5 heteroatoms. The first-order valence-electron chi connectivity index (χ1n) is 14.8. The molecule has 0 saturated carbocycles. The minimum atomic E-state index is -0.570. The van der Waals surface area contributed by atoms with Crippen molar-refractivity contribution in [1.29, 1.82) is 0 Å². The van der Waals surface area contributed by atoms with Gasteiger partial charge in [-0.15, -0.1) is 47.5 Å². The molecule has 0 spiro atoms. The third-order valence-corrected chi connectivity index (χ3v) is 7.90. The number of furan rings is 1. The first kappa shape index (κ1) is 30.8. The first-order chi connectivity index (χ1) is 22.2. The van der Waals surface area contributed by atoms with Crippen LogP contribution in [0.15, 0.2) is 156 Å². The quantitative estimate of drug-likeness (QED) is 0.130. The van der Waals surface area contributed by atoms with E-state index in [1.54, 1.807) is 6.20 Å². The van der Waals surface area contributed by atoms with Gasteiger partial charge in [0.25, 0.3) is 0 Å². The molecule has 0 bridgehead atoms. The summed E-state index contributed by atoms with van der Waals surface area (Å²) in [6, 6.07) is 54.2. The Bertz CT molecular complexity index is 2080. The molecule has 0 amide bonds. The third-order valence-electron chi connectivity index (χ3n) is 7.90. The van der Waals surface area contributed by atoms with E-state index in [-0.39, 0.29) is 20.1 Å². The Morgan fingerprint density at radius 2 is 1.41 bits per heavy atom. The van der Waals surface area contributed by atoms with Crippen molar-refractivity contribution in [3.05, 3.63) is 193 Å². The number of aromatic nitrogens is 3. The molecule has 4 aromatic carbocycles. The summed E-state index contributed by atoms with van der Waals surface area (Å²) < 4.78 is 8.25. The molecule has 4 aromatic heterocycles. The van der Waals surface area contributed by atoms with Crippen molar-refractivity contribution in [3.8, 4) is 16.9 Å². The van der Waals surface area contributed by atoms with Crippen LogP contribution in [-0.2, 0) is 25.5 Å². The molecule has 0 N–H and O–H groups in total. The van der Waals surface area contributed by atoms with Gasteiger partial charge in [-0.3, -0.25) is 4.98 Å². The van der Waals surface area contributed by atoms with Crippen LogP contribution >= 0.6 is 0 Å². The second-order valence-electron chi connectivity index (χ2n) is 10.7. The van der Waals surface area contributed by atoms with Crippen molar-refractivity contribution in [2.45, 2.75) is 12.3 Å². The zero-order valence-electron chi connectivity index (χ0n) is 25.0. The van der Waals surface area contributed by atoms with Crippen LogP contribution in [0.3, 0.4) is 0 Å². The van der Waals surface area contributed by atoms with Crippen LogP contribution in [0.5, 0.6) is 0 Å². The minimum Gasteiger partial charge on any atom is -0.519 e. The number of pyridine rings is 3. The van der Waals surface area contributed by atoms with Gasteiger partial charge in [0.2, 0.25) is 0 Å². The van der Waals surface area contributed by atoms with E-state index in [2.05, 4.69) is 60.6 Å². The average molecular weight is 771 g/mol. The van der Waals surface area contributed by atoms with Crippen LogP contribution < -0.4 is 4.57 Å². The Morgan fingerprint density at radius 3 is 2.11 bits per heavy atom. The second-order valence-corrected chi connectivity index (χ2v) is 10.7. The second kappa shape index (κ2) is 13.8. The molecule has 0 fully saturated rings. The van der Waals surface area contributed by atoms with Crippen molar-refractivity contribution in [2.75, 3.05) is 0 Å². The topological polar surface area (TPSA) is 42.8 Å². The Balaban J connectivity index is 0.000000241. The van der Waals surface area contributed by atoms with E-state index in [0.717, 1.165) is 55.7 Å². The van der Waals surface area contributed by atoms with E-state index in [0.29, 0.717) is 0 Å². The maximum atomic E-state index is 6.32. The van der Waals surface area contributed by atoms with Crippen LogP contribution in [0.4, 0.5) is 0 Å². The molecular weight excluding hydrogens is 743 g/mol. The average Bonchev–Trinajstić information content (AvgIpc) is 3.52. The van der Waals surface area contributed by atoms with Gasteiger partial charge in [0.15, 0.2) is 6.20 Å². The summed E-state index contributed by atoms with van der Waals surface area (Å²) in [5.74, 6) is 0. The van der Waals surface area contributed by atoms with Crippen LogP contribution in [0.25, 0.3) is 38.9 Å². The number of fused-ring (bicyclic) bond motifs is 3. The van der Waals surface area contributed by atoms with Crippen LogP contribution in [0, 0.1) is 24.4 Å². The predicted octanol–water partition coefficient (Wildman–Crippen LogP) is 8.56. The normalized spacial score (nSPS) is 12.0. The summed E-state index contributed by atoms with van der Waals surface area (Å²) in [4.78, 5) is 8.98. The van der Waals surface area contributed by atoms with E-state index in [4.69, 9.17) is 9.40 Å². The molecule has 4 heterocycles. The third kappa shape index (κ3) is 6.03. The molecular formula is C41H28IrN3O-3. The number of para-hydroxylation sites is 1. The zero-order valence-corrected chi connectivity index (χ0v) is 27.4. The van der Waals surface area contributed by atoms with Gasteiger partial charge in [0.1, 0.15) is 5.58 Å². The number of hydrogen-bond acceptors (Lipinski definition) is 3. The monoisotopic (exact) mass is 771 g/mol. The molecule has 1 atom stereocenters. The standard InChI is InChI=1S/C30H20N2O.C11H8N.Ir/c1-30(22-12-4-2-5-13-22,28-16-8-9-17-31-28)23-20-25-24-14-6-7-15-27(24)33-29(25)26(21-23)32-18-10-3-11-19-32;1-2-6-10(7-3-1)11-8-4-5-9-12-11;/h2-12,14-18,20H,1H3;1-6,8-9H;/q-2;-1;. The van der Waals surface area contributed by atoms with Gasteiger partial charge < -0.3 is 14.0 Å². The molecule has 0 aliphatic rings. The Kier molecular flexibility index (Phi) is 9.25. The fourth-order valence-corrected chi connectivity index (χ4v) is 5.54. The summed E-state index contributed by atoms with van der Waals surface area (Å²) in [6.45, 7) is 2.18. The van der Waals surface area contributed by atoms with Gasteiger partial charge in [0, 0.05) is 43.3 Å². The Hall–Kier alpha value is -5.22. The molecule has 1 radical (unpaired) electrons. The Morgan fingerprint density at radius 1 is 0.674 bits per heavy atom. The predicted molar refractivity (Wildman–Crippen MR) is 177 cm³/mol. The summed E-state index contributed by atoms with van der Waals surface area (Å²) in [5.41, 5.74) is 6.84. The molecule has 225 valence electrons. The molecule has 0 aliphatic carbocycles. The summed E-state index contributed by atoms with van der Waals surface area (Å²) >= 11 is 0. The van der Waals surface area contributed by atoms with E-state index in [1.807, 2.05) is 126 Å². The fraction of sp³-hybridized carbons (Fsp3) is 0.0488. The van der Waals surface area contributed by atoms with Crippen molar-refractivity contribution >= 4 is 21.9 Å². The summed E-state index contributed by atoms with van der Waals surface area (Å²) in [6.07, 6.45) is 8.87. The van der Waals surface area contributed by atoms with Gasteiger partial charge in [-0.25, -0.2) is 0 Å². The molecule has 0 saturated heterocycles. The Labute approximate surface area is 282 Å². The van der Waals surface area contributed by atoms with Crippen LogP contribution in [0.1, 0.15) is 23.7 Å². The largest absolute Gasteiger partial charge is 0.519 e. The van der Waals surface area contributed by atoms with Crippen molar-refractivity contribution in [3.63, 3.8) is 0 Å². The van der Waals surface area contributed by atoms with Crippen molar-refractivity contribution in [2.24, 2.45) is 0 Å². The maximum absolute atomic E-state index is 6.32. The van der Waals surface area contributed by atoms with Gasteiger partial charge >= 0.3 is 0 Å². The van der Waals surface area contributed by atoms with Gasteiger partial charge in [-0.05, 0) is 36.9 Å². The van der Waals surface area contributed by atoms with E-state index in [9.17, 15) is 0 Å². The molecule has 8 rings (SSSR count). The molecule has 0 aliphatic heterocycles. The fourth-order valence-electron chi connectivity index (χ4n) is 5.54. The van der Waals surface area contributed by atoms with E-state index < -0.39 is 5.41 Å². The van der Waals surface area contributed by atoms with Gasteiger partial charge in [0.05, 0.1) is 23.2 Å². The van der Waals surface area contributed by atoms with E-state index >= 15 is 0 Å². The molecule has 1 unspecified atom stereocenters. The molecule has 46 heavy (non-hydrogen) atoms. The number of benzene rings is 4. The smallest absolute Gasteiger partial charge is 0.150 e. The first-order valence-corrected chi connectivity index (χ1v) is 14.8. The van der Waals surface area contributed by atoms with Crippen LogP contribution in [0.2, 0.25) is 0 Å². The number of hydrogen-bond donors (Lipinski definition) is 0. The molecule has 4 nitrogen and oxygen atoms in total. The maximum Gasteiger partial charge on any atom is 0.150 e. The summed E-state index contributed by atoms with van der Waals surface area (Å²) in [7, 11) is 0. The zero-order chi connectivity index (χ0) is 30.5. The molecule has 8 aromatic rings. The summed E-state index contributed by atoms with van der Waals surface area (Å²) in [5, 5.41) is 2.11. The SMILES string of the molecule is CC(c1[c-]cccc1)(c1[c-]c(-[n+]2[c-]cccc2)c2oc3ccccc3c2c1)c1ccccn1.[Ir].[c-]1ccccc1-c1ccccn1. The number of rotatable bonds is 5. The van der Waals surface area contributed by atoms with Gasteiger partial charge in [-0.2, -0.15) is 48.0 Å². The van der Waals surface area contributed by atoms with Crippen molar-refractivity contribution in [1.82, 2.24) is 9.97 Å². The van der Waals surface area contributed by atoms with Gasteiger partial charge in [-0.1, -0.05) is 53.9 Å². The number of nitrogens with zero attached hydrogens (tertiary/aromatic N) is 3. The van der Waals surface area contributed by atoms with Crippen molar-refractivity contribution < 1.29 is 29.1 Å².